The number of aliphatic imine (C=N–C) groups is 1. The third-order valence-corrected chi connectivity index (χ3v) is 2.12. The zero-order valence-corrected chi connectivity index (χ0v) is 8.34. The lowest BCUT2D eigenvalue weighted by atomic mass is 10.1. The van der Waals surface area contributed by atoms with Gasteiger partial charge in [-0.1, -0.05) is 33.6 Å². The van der Waals surface area contributed by atoms with Crippen LogP contribution in [0.5, 0.6) is 0 Å². The summed E-state index contributed by atoms with van der Waals surface area (Å²) in [5.74, 6) is 1.41. The minimum Gasteiger partial charge on any atom is -0.479 e. The summed E-state index contributed by atoms with van der Waals surface area (Å²) in [6.07, 6.45) is 3.71. The van der Waals surface area contributed by atoms with Crippen LogP contribution < -0.4 is 0 Å². The number of nitrogens with zero attached hydrogens (tertiary/aromatic N) is 1. The van der Waals surface area contributed by atoms with Gasteiger partial charge in [-0.25, -0.2) is 4.99 Å². The standard InChI is InChI=1S/C10H19NO/c1-4-5-6-9-7-12-10(11-9)8(2)3/h8-9H,4-7H2,1-3H3. The molecule has 0 aromatic carbocycles. The molecule has 1 aliphatic rings. The molecule has 1 unspecified atom stereocenters. The monoisotopic (exact) mass is 169 g/mol. The van der Waals surface area contributed by atoms with Crippen molar-refractivity contribution in [2.75, 3.05) is 6.61 Å². The number of ether oxygens (including phenoxy) is 1. The first-order chi connectivity index (χ1) is 5.74. The molecule has 1 heterocycles. The number of rotatable bonds is 4. The summed E-state index contributed by atoms with van der Waals surface area (Å²) in [5.41, 5.74) is 0. The lowest BCUT2D eigenvalue weighted by Gasteiger charge is -2.02. The van der Waals surface area contributed by atoms with Crippen LogP contribution in [0.25, 0.3) is 0 Å². The van der Waals surface area contributed by atoms with Crippen molar-refractivity contribution in [1.29, 1.82) is 0 Å². The van der Waals surface area contributed by atoms with Crippen LogP contribution in [0.1, 0.15) is 40.0 Å². The van der Waals surface area contributed by atoms with E-state index in [-0.39, 0.29) is 0 Å². The second-order valence-electron chi connectivity index (χ2n) is 3.73. The van der Waals surface area contributed by atoms with E-state index in [4.69, 9.17) is 4.74 Å². The van der Waals surface area contributed by atoms with Crippen LogP contribution >= 0.6 is 0 Å². The summed E-state index contributed by atoms with van der Waals surface area (Å²) in [4.78, 5) is 4.52. The third-order valence-electron chi connectivity index (χ3n) is 2.12. The first-order valence-electron chi connectivity index (χ1n) is 4.94. The summed E-state index contributed by atoms with van der Waals surface area (Å²) in [6, 6.07) is 0.447. The molecule has 70 valence electrons. The SMILES string of the molecule is CCCCC1COC(C(C)C)=N1. The van der Waals surface area contributed by atoms with Crippen molar-refractivity contribution in [2.24, 2.45) is 10.9 Å². The van der Waals surface area contributed by atoms with Crippen LogP contribution in [-0.2, 0) is 4.74 Å². The van der Waals surface area contributed by atoms with Crippen LogP contribution in [0.4, 0.5) is 0 Å². The molecule has 0 amide bonds. The van der Waals surface area contributed by atoms with Crippen molar-refractivity contribution in [3.8, 4) is 0 Å². The molecule has 0 aromatic heterocycles. The van der Waals surface area contributed by atoms with E-state index < -0.39 is 0 Å². The first kappa shape index (κ1) is 9.56. The molecule has 0 fully saturated rings. The van der Waals surface area contributed by atoms with Crippen LogP contribution in [0.2, 0.25) is 0 Å². The molecule has 0 bridgehead atoms. The predicted molar refractivity (Wildman–Crippen MR) is 51.5 cm³/mol. The van der Waals surface area contributed by atoms with Gasteiger partial charge in [-0.05, 0) is 6.42 Å². The Hall–Kier alpha value is -0.530. The Kier molecular flexibility index (Phi) is 3.57. The van der Waals surface area contributed by atoms with E-state index >= 15 is 0 Å². The fourth-order valence-corrected chi connectivity index (χ4v) is 1.34. The zero-order chi connectivity index (χ0) is 8.97. The summed E-state index contributed by atoms with van der Waals surface area (Å²) < 4.78 is 5.47. The molecular formula is C10H19NO. The maximum atomic E-state index is 5.47. The molecule has 0 aliphatic carbocycles. The predicted octanol–water partition coefficient (Wildman–Crippen LogP) is 2.63. The lowest BCUT2D eigenvalue weighted by molar-refractivity contribution is 0.295. The number of hydrogen-bond donors (Lipinski definition) is 0. The summed E-state index contributed by atoms with van der Waals surface area (Å²) in [6.45, 7) is 7.28. The van der Waals surface area contributed by atoms with Gasteiger partial charge in [-0.15, -0.1) is 0 Å². The second-order valence-corrected chi connectivity index (χ2v) is 3.73. The molecular weight excluding hydrogens is 150 g/mol. The molecule has 0 saturated heterocycles. The van der Waals surface area contributed by atoms with Crippen molar-refractivity contribution in [3.05, 3.63) is 0 Å². The number of hydrogen-bond acceptors (Lipinski definition) is 2. The zero-order valence-electron chi connectivity index (χ0n) is 8.34. The first-order valence-corrected chi connectivity index (χ1v) is 4.94. The second kappa shape index (κ2) is 4.48. The van der Waals surface area contributed by atoms with E-state index in [0.717, 1.165) is 12.5 Å². The van der Waals surface area contributed by atoms with Gasteiger partial charge < -0.3 is 4.74 Å². The van der Waals surface area contributed by atoms with Crippen LogP contribution in [-0.4, -0.2) is 18.5 Å². The summed E-state index contributed by atoms with van der Waals surface area (Å²) >= 11 is 0. The molecule has 12 heavy (non-hydrogen) atoms. The van der Waals surface area contributed by atoms with Gasteiger partial charge in [0.2, 0.25) is 0 Å². The van der Waals surface area contributed by atoms with Crippen LogP contribution in [0.3, 0.4) is 0 Å². The molecule has 0 saturated carbocycles. The molecule has 0 radical (unpaired) electrons. The van der Waals surface area contributed by atoms with Gasteiger partial charge in [-0.3, -0.25) is 0 Å². The Morgan fingerprint density at radius 1 is 1.58 bits per heavy atom. The third kappa shape index (κ3) is 2.50. The average Bonchev–Trinajstić information content (AvgIpc) is 2.48. The van der Waals surface area contributed by atoms with Crippen molar-refractivity contribution in [3.63, 3.8) is 0 Å². The average molecular weight is 169 g/mol. The summed E-state index contributed by atoms with van der Waals surface area (Å²) in [5, 5.41) is 0. The van der Waals surface area contributed by atoms with Gasteiger partial charge >= 0.3 is 0 Å². The van der Waals surface area contributed by atoms with Crippen LogP contribution in [0.15, 0.2) is 4.99 Å². The van der Waals surface area contributed by atoms with Gasteiger partial charge in [-0.2, -0.15) is 0 Å². The molecule has 0 aromatic rings. The van der Waals surface area contributed by atoms with E-state index in [0.29, 0.717) is 12.0 Å². The minimum absolute atomic E-state index is 0.447. The maximum Gasteiger partial charge on any atom is 0.186 e. The molecule has 0 N–H and O–H groups in total. The van der Waals surface area contributed by atoms with Gasteiger partial charge in [0.15, 0.2) is 5.90 Å². The van der Waals surface area contributed by atoms with Gasteiger partial charge in [0.25, 0.3) is 0 Å². The van der Waals surface area contributed by atoms with E-state index in [9.17, 15) is 0 Å². The van der Waals surface area contributed by atoms with E-state index in [1.165, 1.54) is 19.3 Å². The Labute approximate surface area is 75.0 Å². The Bertz CT molecular complexity index is 163. The molecule has 0 spiro atoms. The van der Waals surface area contributed by atoms with Crippen LogP contribution in [0, 0.1) is 5.92 Å². The Morgan fingerprint density at radius 2 is 2.33 bits per heavy atom. The van der Waals surface area contributed by atoms with Gasteiger partial charge in [0.1, 0.15) is 6.61 Å². The fraction of sp³-hybridized carbons (Fsp3) is 0.900. The quantitative estimate of drug-likeness (QED) is 0.634. The number of unbranched alkanes of at least 4 members (excludes halogenated alkanes) is 1. The fourth-order valence-electron chi connectivity index (χ4n) is 1.34. The highest BCUT2D eigenvalue weighted by molar-refractivity contribution is 5.79. The molecule has 2 nitrogen and oxygen atoms in total. The topological polar surface area (TPSA) is 21.6 Å². The molecule has 1 atom stereocenters. The van der Waals surface area contributed by atoms with E-state index in [1.807, 2.05) is 0 Å². The smallest absolute Gasteiger partial charge is 0.186 e. The van der Waals surface area contributed by atoms with Gasteiger partial charge in [0, 0.05) is 5.92 Å². The normalized spacial score (nSPS) is 22.7. The highest BCUT2D eigenvalue weighted by atomic mass is 16.5. The minimum atomic E-state index is 0.447. The molecule has 1 aliphatic heterocycles. The Morgan fingerprint density at radius 3 is 2.83 bits per heavy atom. The highest BCUT2D eigenvalue weighted by Gasteiger charge is 2.19. The van der Waals surface area contributed by atoms with Crippen molar-refractivity contribution >= 4 is 5.90 Å². The Balaban J connectivity index is 2.31. The largest absolute Gasteiger partial charge is 0.479 e. The molecule has 1 rings (SSSR count). The maximum absolute atomic E-state index is 5.47. The van der Waals surface area contributed by atoms with E-state index in [1.54, 1.807) is 0 Å². The van der Waals surface area contributed by atoms with Gasteiger partial charge in [0.05, 0.1) is 6.04 Å². The summed E-state index contributed by atoms with van der Waals surface area (Å²) in [7, 11) is 0. The van der Waals surface area contributed by atoms with Crippen molar-refractivity contribution in [2.45, 2.75) is 46.1 Å². The highest BCUT2D eigenvalue weighted by Crippen LogP contribution is 2.15. The van der Waals surface area contributed by atoms with Crippen molar-refractivity contribution in [1.82, 2.24) is 0 Å². The lowest BCUT2D eigenvalue weighted by Crippen LogP contribution is -2.07. The van der Waals surface area contributed by atoms with E-state index in [2.05, 4.69) is 25.8 Å². The molecule has 2 heteroatoms. The van der Waals surface area contributed by atoms with Crippen molar-refractivity contribution < 1.29 is 4.74 Å².